The number of aromatic nitrogens is 5. The van der Waals surface area contributed by atoms with Crippen LogP contribution in [0.1, 0.15) is 30.1 Å². The average molecular weight is 407 g/mol. The third kappa shape index (κ3) is 3.23. The number of pyridine rings is 1. The molecule has 0 radical (unpaired) electrons. The van der Waals surface area contributed by atoms with Gasteiger partial charge in [0, 0.05) is 17.0 Å². The second-order valence-electron chi connectivity index (χ2n) is 7.11. The smallest absolute Gasteiger partial charge is 0.267 e. The molecule has 0 bridgehead atoms. The fourth-order valence-corrected chi connectivity index (χ4v) is 4.51. The lowest BCUT2D eigenvalue weighted by Crippen LogP contribution is -2.24. The maximum Gasteiger partial charge on any atom is 0.274 e. The molecule has 0 spiro atoms. The van der Waals surface area contributed by atoms with Gasteiger partial charge in [-0.3, -0.25) is 14.9 Å². The summed E-state index contributed by atoms with van der Waals surface area (Å²) in [6, 6.07) is 11.6. The lowest BCUT2D eigenvalue weighted by Gasteiger charge is -2.08. The van der Waals surface area contributed by atoms with Crippen LogP contribution in [-0.2, 0) is 16.4 Å². The van der Waals surface area contributed by atoms with E-state index in [0.717, 1.165) is 24.2 Å². The molecule has 146 valence electrons. The lowest BCUT2D eigenvalue weighted by molar-refractivity contribution is 0.592. The maximum absolute atomic E-state index is 12.9. The first-order valence-electron chi connectivity index (χ1n) is 9.22. The third-order valence-corrected chi connectivity index (χ3v) is 6.72. The van der Waals surface area contributed by atoms with Gasteiger partial charge < -0.3 is 0 Å². The molecule has 3 heterocycles. The van der Waals surface area contributed by atoms with Crippen molar-refractivity contribution < 1.29 is 8.42 Å². The Morgan fingerprint density at radius 2 is 2.00 bits per heavy atom. The largest absolute Gasteiger partial charge is 0.274 e. The molecule has 0 amide bonds. The first-order valence-corrected chi connectivity index (χ1v) is 10.7. The van der Waals surface area contributed by atoms with Crippen LogP contribution < -0.4 is 5.56 Å². The van der Waals surface area contributed by atoms with E-state index in [0.29, 0.717) is 16.7 Å². The molecule has 1 fully saturated rings. The van der Waals surface area contributed by atoms with Crippen molar-refractivity contribution in [2.24, 2.45) is 0 Å². The Kier molecular flexibility index (Phi) is 4.06. The second kappa shape index (κ2) is 6.63. The zero-order chi connectivity index (χ0) is 20.0. The molecule has 4 aromatic rings. The minimum Gasteiger partial charge on any atom is -0.267 e. The van der Waals surface area contributed by atoms with Gasteiger partial charge in [0.1, 0.15) is 0 Å². The van der Waals surface area contributed by atoms with Gasteiger partial charge in [0.25, 0.3) is 5.56 Å². The number of H-pyrrole nitrogens is 1. The van der Waals surface area contributed by atoms with E-state index in [1.54, 1.807) is 0 Å². The van der Waals surface area contributed by atoms with Gasteiger partial charge in [0.05, 0.1) is 34.9 Å². The van der Waals surface area contributed by atoms with E-state index >= 15 is 0 Å². The van der Waals surface area contributed by atoms with E-state index in [4.69, 9.17) is 0 Å². The number of sulfone groups is 1. The Balaban J connectivity index is 1.51. The van der Waals surface area contributed by atoms with E-state index in [1.807, 2.05) is 18.2 Å². The van der Waals surface area contributed by atoms with Crippen molar-refractivity contribution in [1.82, 2.24) is 25.0 Å². The van der Waals surface area contributed by atoms with Crippen molar-refractivity contribution in [2.45, 2.75) is 35.2 Å². The summed E-state index contributed by atoms with van der Waals surface area (Å²) in [5, 5.41) is 11.2. The molecule has 1 aliphatic carbocycles. The number of fused-ring (bicyclic) bond motifs is 1. The summed E-state index contributed by atoms with van der Waals surface area (Å²) in [4.78, 5) is 17.6. The number of rotatable bonds is 5. The number of hydrogen-bond acceptors (Lipinski definition) is 6. The minimum atomic E-state index is -3.73. The molecule has 5 rings (SSSR count). The monoisotopic (exact) mass is 407 g/mol. The van der Waals surface area contributed by atoms with Crippen molar-refractivity contribution in [2.75, 3.05) is 0 Å². The van der Waals surface area contributed by atoms with Crippen LogP contribution in [0.2, 0.25) is 0 Å². The Morgan fingerprint density at radius 3 is 2.76 bits per heavy atom. The van der Waals surface area contributed by atoms with Crippen LogP contribution in [0.25, 0.3) is 10.8 Å². The second-order valence-corrected chi connectivity index (χ2v) is 9.03. The molecule has 9 heteroatoms. The van der Waals surface area contributed by atoms with E-state index in [9.17, 15) is 13.2 Å². The molecule has 0 atom stereocenters. The lowest BCUT2D eigenvalue weighted by atomic mass is 10.2. The van der Waals surface area contributed by atoms with E-state index in [2.05, 4.69) is 20.3 Å². The predicted octanol–water partition coefficient (Wildman–Crippen LogP) is 2.27. The summed E-state index contributed by atoms with van der Waals surface area (Å²) < 4.78 is 26.6. The van der Waals surface area contributed by atoms with Gasteiger partial charge in [-0.15, -0.1) is 0 Å². The SMILES string of the molecule is O=c1c2ccc(S(=O)(=O)c3ccn[nH]3)cc2cnn1Cc1cccc(C2CC2)n1. The van der Waals surface area contributed by atoms with Gasteiger partial charge in [0.2, 0.25) is 9.84 Å². The van der Waals surface area contributed by atoms with Crippen LogP contribution in [-0.4, -0.2) is 33.4 Å². The first kappa shape index (κ1) is 17.7. The van der Waals surface area contributed by atoms with Crippen LogP contribution in [0.15, 0.2) is 69.6 Å². The van der Waals surface area contributed by atoms with Gasteiger partial charge in [-0.25, -0.2) is 13.1 Å². The van der Waals surface area contributed by atoms with Gasteiger partial charge in [-0.1, -0.05) is 6.07 Å². The summed E-state index contributed by atoms with van der Waals surface area (Å²) in [7, 11) is -3.73. The average Bonchev–Trinajstić information content (AvgIpc) is 3.43. The molecule has 1 N–H and O–H groups in total. The summed E-state index contributed by atoms with van der Waals surface area (Å²) in [5.41, 5.74) is 1.55. The standard InChI is InChI=1S/C20H17N5O3S/c26-20-17-7-6-16(29(27,28)19-8-9-21-24-19)10-14(17)11-22-25(20)12-15-2-1-3-18(23-15)13-4-5-13/h1-3,6-11,13H,4-5,12H2,(H,21,24). The zero-order valence-corrected chi connectivity index (χ0v) is 16.1. The highest BCUT2D eigenvalue weighted by atomic mass is 32.2. The molecule has 1 aromatic carbocycles. The number of benzene rings is 1. The van der Waals surface area contributed by atoms with Crippen molar-refractivity contribution in [3.63, 3.8) is 0 Å². The fraction of sp³-hybridized carbons (Fsp3) is 0.200. The van der Waals surface area contributed by atoms with Crippen molar-refractivity contribution >= 4 is 20.6 Å². The van der Waals surface area contributed by atoms with E-state index in [1.165, 1.54) is 41.3 Å². The Hall–Kier alpha value is -3.33. The Morgan fingerprint density at radius 1 is 1.14 bits per heavy atom. The van der Waals surface area contributed by atoms with Crippen molar-refractivity contribution in [1.29, 1.82) is 0 Å². The highest BCUT2D eigenvalue weighted by Gasteiger charge is 2.25. The van der Waals surface area contributed by atoms with Crippen LogP contribution in [0, 0.1) is 0 Å². The number of aromatic amines is 1. The van der Waals surface area contributed by atoms with Crippen molar-refractivity contribution in [3.05, 3.63) is 76.6 Å². The van der Waals surface area contributed by atoms with Gasteiger partial charge in [0.15, 0.2) is 5.03 Å². The summed E-state index contributed by atoms with van der Waals surface area (Å²) in [6.07, 6.45) is 5.21. The summed E-state index contributed by atoms with van der Waals surface area (Å²) >= 11 is 0. The molecule has 1 aliphatic rings. The Labute approximate surface area is 166 Å². The molecule has 29 heavy (non-hydrogen) atoms. The molecule has 8 nitrogen and oxygen atoms in total. The van der Waals surface area contributed by atoms with E-state index < -0.39 is 9.84 Å². The topological polar surface area (TPSA) is 111 Å². The zero-order valence-electron chi connectivity index (χ0n) is 15.3. The normalized spacial score (nSPS) is 14.3. The third-order valence-electron chi connectivity index (χ3n) is 5.03. The Bertz CT molecular complexity index is 1370. The molecular formula is C20H17N5O3S. The summed E-state index contributed by atoms with van der Waals surface area (Å²) in [5.74, 6) is 0.534. The van der Waals surface area contributed by atoms with Crippen molar-refractivity contribution in [3.8, 4) is 0 Å². The first-order chi connectivity index (χ1) is 14.0. The number of nitrogens with one attached hydrogen (secondary N) is 1. The van der Waals surface area contributed by atoms with Crippen LogP contribution >= 0.6 is 0 Å². The molecule has 0 unspecified atom stereocenters. The molecule has 3 aromatic heterocycles. The summed E-state index contributed by atoms with van der Waals surface area (Å²) in [6.45, 7) is 0.267. The number of hydrogen-bond donors (Lipinski definition) is 1. The molecule has 0 saturated heterocycles. The van der Waals surface area contributed by atoms with Crippen LogP contribution in [0.3, 0.4) is 0 Å². The molecular weight excluding hydrogens is 390 g/mol. The number of nitrogens with zero attached hydrogens (tertiary/aromatic N) is 4. The van der Waals surface area contributed by atoms with Gasteiger partial charge in [-0.2, -0.15) is 10.2 Å². The predicted molar refractivity (Wildman–Crippen MR) is 105 cm³/mol. The molecule has 1 saturated carbocycles. The highest BCUT2D eigenvalue weighted by Crippen LogP contribution is 2.38. The van der Waals surface area contributed by atoms with Crippen LogP contribution in [0.5, 0.6) is 0 Å². The maximum atomic E-state index is 12.9. The van der Waals surface area contributed by atoms with Gasteiger partial charge in [-0.05, 0) is 49.2 Å². The van der Waals surface area contributed by atoms with Crippen LogP contribution in [0.4, 0.5) is 0 Å². The van der Waals surface area contributed by atoms with E-state index in [-0.39, 0.29) is 22.0 Å². The molecule has 0 aliphatic heterocycles. The quantitative estimate of drug-likeness (QED) is 0.543. The fourth-order valence-electron chi connectivity index (χ4n) is 3.31. The van der Waals surface area contributed by atoms with Gasteiger partial charge >= 0.3 is 0 Å². The minimum absolute atomic E-state index is 0.000213. The highest BCUT2D eigenvalue weighted by molar-refractivity contribution is 7.91.